The molecule has 0 aromatic carbocycles. The Hall–Kier alpha value is -0.160. The second-order valence-electron chi connectivity index (χ2n) is 6.73. The highest BCUT2D eigenvalue weighted by Gasteiger charge is 2.62. The number of hydrogen-bond donors (Lipinski definition) is 2. The van der Waals surface area contributed by atoms with Crippen LogP contribution in [0.25, 0.3) is 0 Å². The summed E-state index contributed by atoms with van der Waals surface area (Å²) in [4.78, 5) is 0. The fraction of sp³-hybridized carbons (Fsp3) is 1.00. The van der Waals surface area contributed by atoms with Crippen LogP contribution in [0.2, 0.25) is 0 Å². The fourth-order valence-electron chi connectivity index (χ4n) is 4.23. The molecule has 3 fully saturated rings. The molecule has 6 atom stereocenters. The third-order valence-electron chi connectivity index (χ3n) is 5.37. The maximum Gasteiger partial charge on any atom is 0.200 e. The number of aliphatic hydroxyl groups is 2. The molecule has 2 aliphatic heterocycles. The van der Waals surface area contributed by atoms with Crippen molar-refractivity contribution >= 4 is 0 Å². The smallest absolute Gasteiger partial charge is 0.200 e. The third-order valence-corrected chi connectivity index (χ3v) is 5.37. The minimum Gasteiger partial charge on any atom is -0.393 e. The molecule has 3 aliphatic rings. The summed E-state index contributed by atoms with van der Waals surface area (Å²) in [7, 11) is 0. The molecule has 0 aromatic heterocycles. The first-order valence-electron chi connectivity index (χ1n) is 8.39. The van der Waals surface area contributed by atoms with Crippen LogP contribution in [0, 0.1) is 5.92 Å². The molecule has 1 spiro atoms. The van der Waals surface area contributed by atoms with Gasteiger partial charge >= 0.3 is 0 Å². The molecule has 1 saturated carbocycles. The van der Waals surface area contributed by atoms with Crippen molar-refractivity contribution in [2.24, 2.45) is 5.92 Å². The minimum atomic E-state index is -0.907. The lowest BCUT2D eigenvalue weighted by Gasteiger charge is -2.47. The molecule has 1 aliphatic carbocycles. The number of hydrogen-bond acceptors (Lipinski definition) is 4. The summed E-state index contributed by atoms with van der Waals surface area (Å²) in [6.45, 7) is 2.21. The number of unbranched alkanes of at least 4 members (excludes halogenated alkanes) is 3. The average Bonchev–Trinajstić information content (AvgIpc) is 2.73. The highest BCUT2D eigenvalue weighted by atomic mass is 16.8. The maximum absolute atomic E-state index is 10.4. The van der Waals surface area contributed by atoms with Gasteiger partial charge in [-0.05, 0) is 32.1 Å². The van der Waals surface area contributed by atoms with Gasteiger partial charge in [-0.15, -0.1) is 0 Å². The van der Waals surface area contributed by atoms with Crippen LogP contribution in [-0.4, -0.2) is 40.4 Å². The molecule has 4 heteroatoms. The second-order valence-corrected chi connectivity index (χ2v) is 6.73. The Morgan fingerprint density at radius 1 is 1.00 bits per heavy atom. The van der Waals surface area contributed by atoms with E-state index in [4.69, 9.17) is 9.47 Å². The Balaban J connectivity index is 1.65. The second kappa shape index (κ2) is 5.91. The van der Waals surface area contributed by atoms with Gasteiger partial charge in [-0.1, -0.05) is 32.6 Å². The molecule has 2 N–H and O–H groups in total. The van der Waals surface area contributed by atoms with Gasteiger partial charge in [-0.2, -0.15) is 0 Å². The van der Waals surface area contributed by atoms with Crippen LogP contribution in [0.4, 0.5) is 0 Å². The Morgan fingerprint density at radius 3 is 2.65 bits per heavy atom. The zero-order valence-corrected chi connectivity index (χ0v) is 12.5. The average molecular weight is 284 g/mol. The molecule has 0 aromatic rings. The predicted molar refractivity (Wildman–Crippen MR) is 75.2 cm³/mol. The Morgan fingerprint density at radius 2 is 1.85 bits per heavy atom. The van der Waals surface area contributed by atoms with E-state index in [0.29, 0.717) is 12.8 Å². The molecule has 20 heavy (non-hydrogen) atoms. The van der Waals surface area contributed by atoms with E-state index in [9.17, 15) is 10.2 Å². The van der Waals surface area contributed by atoms with Crippen molar-refractivity contribution in [2.75, 3.05) is 0 Å². The fourth-order valence-corrected chi connectivity index (χ4v) is 4.23. The van der Waals surface area contributed by atoms with Crippen LogP contribution in [-0.2, 0) is 9.47 Å². The van der Waals surface area contributed by atoms with Gasteiger partial charge in [0.25, 0.3) is 0 Å². The monoisotopic (exact) mass is 284 g/mol. The molecule has 2 saturated heterocycles. The highest BCUT2D eigenvalue weighted by Crippen LogP contribution is 2.51. The number of rotatable bonds is 5. The summed E-state index contributed by atoms with van der Waals surface area (Å²) in [5.74, 6) is -0.959. The maximum atomic E-state index is 10.4. The summed E-state index contributed by atoms with van der Waals surface area (Å²) in [6.07, 6.45) is 8.28. The van der Waals surface area contributed by atoms with E-state index in [2.05, 4.69) is 6.92 Å². The van der Waals surface area contributed by atoms with E-state index in [1.165, 1.54) is 19.3 Å². The van der Waals surface area contributed by atoms with Crippen LogP contribution in [0.3, 0.4) is 0 Å². The van der Waals surface area contributed by atoms with E-state index in [-0.39, 0.29) is 18.1 Å². The molecular formula is C16H28O4. The SMILES string of the molecule is CCCCCC[C@H]1O[C@@]23O[C@@H]1CC[C@@H]2[C@@H](O)CC[C@@H]3O. The van der Waals surface area contributed by atoms with Crippen molar-refractivity contribution in [3.63, 3.8) is 0 Å². The molecule has 0 unspecified atom stereocenters. The van der Waals surface area contributed by atoms with Gasteiger partial charge in [0.2, 0.25) is 5.79 Å². The topological polar surface area (TPSA) is 58.9 Å². The van der Waals surface area contributed by atoms with Gasteiger partial charge in [0.1, 0.15) is 6.10 Å². The molecule has 4 nitrogen and oxygen atoms in total. The Labute approximate surface area is 121 Å². The largest absolute Gasteiger partial charge is 0.393 e. The first-order valence-corrected chi connectivity index (χ1v) is 8.39. The lowest BCUT2D eigenvalue weighted by molar-refractivity contribution is -0.307. The van der Waals surface area contributed by atoms with E-state index >= 15 is 0 Å². The first-order chi connectivity index (χ1) is 9.67. The number of aliphatic hydroxyl groups excluding tert-OH is 2. The van der Waals surface area contributed by atoms with Crippen molar-refractivity contribution in [1.82, 2.24) is 0 Å². The van der Waals surface area contributed by atoms with Gasteiger partial charge < -0.3 is 19.7 Å². The third kappa shape index (κ3) is 2.41. The van der Waals surface area contributed by atoms with Crippen LogP contribution in [0.5, 0.6) is 0 Å². The van der Waals surface area contributed by atoms with Crippen LogP contribution >= 0.6 is 0 Å². The van der Waals surface area contributed by atoms with Crippen molar-refractivity contribution < 1.29 is 19.7 Å². The number of ether oxygens (including phenoxy) is 2. The van der Waals surface area contributed by atoms with Gasteiger partial charge in [0.05, 0.1) is 18.3 Å². The molecule has 3 rings (SSSR count). The Bertz CT molecular complexity index is 334. The summed E-state index contributed by atoms with van der Waals surface area (Å²) < 4.78 is 12.3. The van der Waals surface area contributed by atoms with Gasteiger partial charge in [0, 0.05) is 5.92 Å². The number of fused-ring (bicyclic) bond motifs is 1. The molecule has 2 bridgehead atoms. The van der Waals surface area contributed by atoms with Crippen molar-refractivity contribution in [3.05, 3.63) is 0 Å². The van der Waals surface area contributed by atoms with E-state index in [1.54, 1.807) is 0 Å². The highest BCUT2D eigenvalue weighted by molar-refractivity contribution is 5.04. The van der Waals surface area contributed by atoms with E-state index in [0.717, 1.165) is 25.7 Å². The lowest BCUT2D eigenvalue weighted by atomic mass is 9.75. The van der Waals surface area contributed by atoms with Crippen molar-refractivity contribution in [3.8, 4) is 0 Å². The van der Waals surface area contributed by atoms with Crippen LogP contribution in [0.1, 0.15) is 64.7 Å². The van der Waals surface area contributed by atoms with Crippen molar-refractivity contribution in [1.29, 1.82) is 0 Å². The van der Waals surface area contributed by atoms with Gasteiger partial charge in [-0.3, -0.25) is 0 Å². The summed E-state index contributed by atoms with van der Waals surface area (Å²) in [5, 5.41) is 20.6. The van der Waals surface area contributed by atoms with Crippen LogP contribution in [0.15, 0.2) is 0 Å². The predicted octanol–water partition coefficient (Wildman–Crippen LogP) is 2.36. The molecule has 0 radical (unpaired) electrons. The first kappa shape index (κ1) is 14.8. The zero-order chi connectivity index (χ0) is 14.2. The zero-order valence-electron chi connectivity index (χ0n) is 12.5. The summed E-state index contributed by atoms with van der Waals surface area (Å²) in [5.41, 5.74) is 0. The molecular weight excluding hydrogens is 256 g/mol. The summed E-state index contributed by atoms with van der Waals surface area (Å²) >= 11 is 0. The van der Waals surface area contributed by atoms with E-state index in [1.807, 2.05) is 0 Å². The van der Waals surface area contributed by atoms with E-state index < -0.39 is 18.0 Å². The molecule has 2 heterocycles. The van der Waals surface area contributed by atoms with Gasteiger partial charge in [-0.25, -0.2) is 0 Å². The Kier molecular flexibility index (Phi) is 4.37. The standard InChI is InChI=1S/C16H28O4/c1-2-3-4-5-6-13-14-9-7-11-12(17)8-10-15(18)16(11,19-13)20-14/h11-15,17-18H,2-10H2,1H3/t11-,12+,13-,14-,15+,16-/m1/s1. The van der Waals surface area contributed by atoms with Gasteiger partial charge in [0.15, 0.2) is 0 Å². The molecule has 116 valence electrons. The van der Waals surface area contributed by atoms with Crippen LogP contribution < -0.4 is 0 Å². The summed E-state index contributed by atoms with van der Waals surface area (Å²) in [6, 6.07) is 0. The lowest BCUT2D eigenvalue weighted by Crippen LogP contribution is -2.59. The normalized spacial score (nSPS) is 47.2. The minimum absolute atomic E-state index is 0.0526. The molecule has 0 amide bonds. The van der Waals surface area contributed by atoms with Crippen molar-refractivity contribution in [2.45, 2.75) is 94.9 Å². The quantitative estimate of drug-likeness (QED) is 0.761.